The van der Waals surface area contributed by atoms with Crippen LogP contribution in [-0.4, -0.2) is 23.4 Å². The second-order valence-electron chi connectivity index (χ2n) is 7.10. The standard InChI is InChI=1S/C20H30O2/c1-15-7-5-11-20(4,21)12-6-8-16(2)13-19-18(10-9-15)17(3)14-22-19/h6-7,12-13,19,21H,5,8-11,14H2,1-4H3/b12-6+,15-7-,16-13+/t19-,20-/m1/s1. The molecule has 0 saturated carbocycles. The predicted molar refractivity (Wildman–Crippen MR) is 92.8 cm³/mol. The maximum Gasteiger partial charge on any atom is 0.0977 e. The molecule has 2 heteroatoms. The summed E-state index contributed by atoms with van der Waals surface area (Å²) in [4.78, 5) is 0. The minimum absolute atomic E-state index is 0.143. The highest BCUT2D eigenvalue weighted by Crippen LogP contribution is 2.29. The molecular formula is C20H30O2. The first kappa shape index (κ1) is 17.2. The zero-order valence-electron chi connectivity index (χ0n) is 14.5. The molecule has 2 nitrogen and oxygen atoms in total. The molecule has 0 radical (unpaired) electrons. The molecule has 0 bridgehead atoms. The van der Waals surface area contributed by atoms with Gasteiger partial charge >= 0.3 is 0 Å². The quantitative estimate of drug-likeness (QED) is 0.647. The summed E-state index contributed by atoms with van der Waals surface area (Å²) in [6.45, 7) is 9.18. The lowest BCUT2D eigenvalue weighted by Gasteiger charge is -2.19. The van der Waals surface area contributed by atoms with Crippen LogP contribution in [0, 0.1) is 0 Å². The first-order valence-electron chi connectivity index (χ1n) is 8.40. The van der Waals surface area contributed by atoms with Gasteiger partial charge in [-0.2, -0.15) is 0 Å². The molecule has 0 aromatic rings. The molecule has 0 unspecified atom stereocenters. The largest absolute Gasteiger partial charge is 0.386 e. The second kappa shape index (κ2) is 7.43. The van der Waals surface area contributed by atoms with Gasteiger partial charge in [-0.05, 0) is 70.9 Å². The average Bonchev–Trinajstić information content (AvgIpc) is 2.76. The SMILES string of the molecule is CC1=C2CC/C(C)=C\CC[C@@](C)(O)/C=C/C/C(C)=C/[C@H]2OC1. The minimum atomic E-state index is -0.716. The van der Waals surface area contributed by atoms with E-state index in [4.69, 9.17) is 4.74 Å². The number of hydrogen-bond acceptors (Lipinski definition) is 2. The number of rotatable bonds is 0. The predicted octanol–water partition coefficient (Wildman–Crippen LogP) is 4.87. The highest BCUT2D eigenvalue weighted by Gasteiger charge is 2.22. The number of allylic oxidation sites excluding steroid dienone is 4. The van der Waals surface area contributed by atoms with Crippen LogP contribution < -0.4 is 0 Å². The van der Waals surface area contributed by atoms with Crippen molar-refractivity contribution in [2.45, 2.75) is 71.5 Å². The van der Waals surface area contributed by atoms with Crippen LogP contribution in [0.15, 0.2) is 46.6 Å². The van der Waals surface area contributed by atoms with Gasteiger partial charge in [0.2, 0.25) is 0 Å². The number of aliphatic hydroxyl groups is 1. The van der Waals surface area contributed by atoms with E-state index in [-0.39, 0.29) is 6.10 Å². The highest BCUT2D eigenvalue weighted by atomic mass is 16.5. The fourth-order valence-electron chi connectivity index (χ4n) is 3.11. The van der Waals surface area contributed by atoms with Gasteiger partial charge in [-0.25, -0.2) is 0 Å². The number of fused-ring (bicyclic) bond motifs is 1. The van der Waals surface area contributed by atoms with Gasteiger partial charge in [-0.15, -0.1) is 0 Å². The van der Waals surface area contributed by atoms with Gasteiger partial charge in [0.05, 0.1) is 18.3 Å². The van der Waals surface area contributed by atoms with E-state index in [1.165, 1.54) is 22.3 Å². The molecule has 0 aromatic carbocycles. The Morgan fingerprint density at radius 3 is 2.73 bits per heavy atom. The van der Waals surface area contributed by atoms with Gasteiger partial charge in [0.1, 0.15) is 0 Å². The van der Waals surface area contributed by atoms with Gasteiger partial charge in [-0.3, -0.25) is 0 Å². The van der Waals surface area contributed by atoms with E-state index < -0.39 is 5.60 Å². The first-order valence-corrected chi connectivity index (χ1v) is 8.40. The maximum atomic E-state index is 10.4. The van der Waals surface area contributed by atoms with E-state index in [1.54, 1.807) is 0 Å². The van der Waals surface area contributed by atoms with Crippen LogP contribution in [0.3, 0.4) is 0 Å². The summed E-state index contributed by atoms with van der Waals surface area (Å²) >= 11 is 0. The van der Waals surface area contributed by atoms with E-state index in [0.717, 1.165) is 38.7 Å². The van der Waals surface area contributed by atoms with Crippen molar-refractivity contribution in [3.63, 3.8) is 0 Å². The van der Waals surface area contributed by atoms with E-state index in [2.05, 4.69) is 39.0 Å². The average molecular weight is 302 g/mol. The molecule has 2 atom stereocenters. The molecule has 1 aliphatic heterocycles. The number of ether oxygens (including phenoxy) is 1. The van der Waals surface area contributed by atoms with Crippen LogP contribution in [0.4, 0.5) is 0 Å². The van der Waals surface area contributed by atoms with Crippen molar-refractivity contribution < 1.29 is 9.84 Å². The summed E-state index contributed by atoms with van der Waals surface area (Å²) in [5, 5.41) is 10.4. The van der Waals surface area contributed by atoms with Crippen molar-refractivity contribution in [1.82, 2.24) is 0 Å². The van der Waals surface area contributed by atoms with Crippen molar-refractivity contribution in [2.24, 2.45) is 0 Å². The van der Waals surface area contributed by atoms with Crippen LogP contribution in [0.5, 0.6) is 0 Å². The molecule has 0 fully saturated rings. The summed E-state index contributed by atoms with van der Waals surface area (Å²) in [5.41, 5.74) is 4.84. The minimum Gasteiger partial charge on any atom is -0.386 e. The maximum absolute atomic E-state index is 10.4. The third kappa shape index (κ3) is 4.96. The van der Waals surface area contributed by atoms with Crippen LogP contribution >= 0.6 is 0 Å². The van der Waals surface area contributed by atoms with Crippen molar-refractivity contribution in [2.75, 3.05) is 6.61 Å². The van der Waals surface area contributed by atoms with E-state index in [9.17, 15) is 5.11 Å². The molecule has 0 spiro atoms. The monoisotopic (exact) mass is 302 g/mol. The van der Waals surface area contributed by atoms with Crippen LogP contribution in [0.25, 0.3) is 0 Å². The Hall–Kier alpha value is -1.12. The zero-order chi connectivity index (χ0) is 16.2. The lowest BCUT2D eigenvalue weighted by Crippen LogP contribution is -2.20. The third-order valence-electron chi connectivity index (χ3n) is 4.66. The normalized spacial score (nSPS) is 37.6. The molecule has 1 N–H and O–H groups in total. The Morgan fingerprint density at radius 2 is 1.95 bits per heavy atom. The van der Waals surface area contributed by atoms with Crippen LogP contribution in [-0.2, 0) is 4.74 Å². The fourth-order valence-corrected chi connectivity index (χ4v) is 3.11. The second-order valence-corrected chi connectivity index (χ2v) is 7.10. The first-order chi connectivity index (χ1) is 10.4. The van der Waals surface area contributed by atoms with Crippen LogP contribution in [0.1, 0.15) is 59.8 Å². The Labute approximate surface area is 135 Å². The van der Waals surface area contributed by atoms with Gasteiger partial charge < -0.3 is 9.84 Å². The Balaban J connectivity index is 2.22. The molecule has 1 aliphatic carbocycles. The summed E-state index contributed by atoms with van der Waals surface area (Å²) in [7, 11) is 0. The molecule has 122 valence electrons. The summed E-state index contributed by atoms with van der Waals surface area (Å²) in [6.07, 6.45) is 13.4. The third-order valence-corrected chi connectivity index (χ3v) is 4.66. The number of hydrogen-bond donors (Lipinski definition) is 1. The smallest absolute Gasteiger partial charge is 0.0977 e. The molecule has 22 heavy (non-hydrogen) atoms. The molecular weight excluding hydrogens is 272 g/mol. The van der Waals surface area contributed by atoms with E-state index >= 15 is 0 Å². The lowest BCUT2D eigenvalue weighted by atomic mass is 9.94. The lowest BCUT2D eigenvalue weighted by molar-refractivity contribution is 0.103. The van der Waals surface area contributed by atoms with Gasteiger partial charge in [0.15, 0.2) is 0 Å². The zero-order valence-corrected chi connectivity index (χ0v) is 14.5. The van der Waals surface area contributed by atoms with Gasteiger partial charge in [0.25, 0.3) is 0 Å². The highest BCUT2D eigenvalue weighted by molar-refractivity contribution is 5.29. The molecule has 0 amide bonds. The summed E-state index contributed by atoms with van der Waals surface area (Å²) in [6, 6.07) is 0. The topological polar surface area (TPSA) is 29.5 Å². The summed E-state index contributed by atoms with van der Waals surface area (Å²) in [5.74, 6) is 0. The molecule has 0 saturated heterocycles. The van der Waals surface area contributed by atoms with E-state index in [1.807, 2.05) is 13.0 Å². The Kier molecular flexibility index (Phi) is 5.82. The van der Waals surface area contributed by atoms with E-state index in [0.29, 0.717) is 0 Å². The van der Waals surface area contributed by atoms with Crippen molar-refractivity contribution in [3.8, 4) is 0 Å². The Morgan fingerprint density at radius 1 is 1.18 bits per heavy atom. The van der Waals surface area contributed by atoms with Crippen molar-refractivity contribution in [1.29, 1.82) is 0 Å². The van der Waals surface area contributed by atoms with Gasteiger partial charge in [0, 0.05) is 0 Å². The molecule has 2 aliphatic rings. The fraction of sp³-hybridized carbons (Fsp3) is 0.600. The molecule has 1 heterocycles. The van der Waals surface area contributed by atoms with Crippen molar-refractivity contribution >= 4 is 0 Å². The summed E-state index contributed by atoms with van der Waals surface area (Å²) < 4.78 is 5.93. The molecule has 2 rings (SSSR count). The van der Waals surface area contributed by atoms with Gasteiger partial charge in [-0.1, -0.05) is 35.5 Å². The van der Waals surface area contributed by atoms with Crippen molar-refractivity contribution in [3.05, 3.63) is 46.6 Å². The Bertz CT molecular complexity index is 518. The molecule has 0 aromatic heterocycles. The van der Waals surface area contributed by atoms with Crippen LogP contribution in [0.2, 0.25) is 0 Å².